The van der Waals surface area contributed by atoms with E-state index in [4.69, 9.17) is 4.74 Å². The number of carboxylic acid groups (broad SMARTS) is 1. The zero-order valence-corrected chi connectivity index (χ0v) is 20.8. The SMILES string of the molecule is Cc1cccc(C)c1Oc1cn(C)c(=O)cc1-c1cn(C)c(=O)c2[nH]c(-c3ccc(C(=O)O)cc3)cc12. The number of ether oxygens (including phenoxy) is 1. The summed E-state index contributed by atoms with van der Waals surface area (Å²) < 4.78 is 9.31. The summed E-state index contributed by atoms with van der Waals surface area (Å²) in [4.78, 5) is 40.2. The maximum absolute atomic E-state index is 13.0. The monoisotopic (exact) mass is 495 g/mol. The Kier molecular flexibility index (Phi) is 5.79. The molecule has 3 aromatic heterocycles. The van der Waals surface area contributed by atoms with Crippen molar-refractivity contribution in [3.05, 3.63) is 104 Å². The highest BCUT2D eigenvalue weighted by Gasteiger charge is 2.19. The number of carboxylic acids is 1. The van der Waals surface area contributed by atoms with Crippen molar-refractivity contribution in [3.63, 3.8) is 0 Å². The molecule has 186 valence electrons. The molecule has 37 heavy (non-hydrogen) atoms. The number of pyridine rings is 2. The van der Waals surface area contributed by atoms with Crippen LogP contribution in [0.25, 0.3) is 33.3 Å². The van der Waals surface area contributed by atoms with Crippen LogP contribution in [0.5, 0.6) is 11.5 Å². The molecule has 2 aromatic carbocycles. The molecule has 3 heterocycles. The lowest BCUT2D eigenvalue weighted by atomic mass is 10.0. The molecule has 5 rings (SSSR count). The van der Waals surface area contributed by atoms with Crippen molar-refractivity contribution < 1.29 is 14.6 Å². The van der Waals surface area contributed by atoms with Crippen LogP contribution in [-0.2, 0) is 14.1 Å². The van der Waals surface area contributed by atoms with E-state index in [1.807, 2.05) is 38.1 Å². The lowest BCUT2D eigenvalue weighted by Crippen LogP contribution is -2.18. The summed E-state index contributed by atoms with van der Waals surface area (Å²) in [5.41, 5.74) is 4.60. The quantitative estimate of drug-likeness (QED) is 0.357. The van der Waals surface area contributed by atoms with Gasteiger partial charge in [-0.05, 0) is 48.7 Å². The molecule has 0 aliphatic heterocycles. The highest BCUT2D eigenvalue weighted by molar-refractivity contribution is 5.99. The number of para-hydroxylation sites is 1. The maximum atomic E-state index is 13.0. The van der Waals surface area contributed by atoms with Gasteiger partial charge in [0.2, 0.25) is 0 Å². The maximum Gasteiger partial charge on any atom is 0.335 e. The van der Waals surface area contributed by atoms with Crippen LogP contribution in [0.1, 0.15) is 21.5 Å². The first-order chi connectivity index (χ1) is 17.6. The van der Waals surface area contributed by atoms with Crippen molar-refractivity contribution in [3.8, 4) is 33.9 Å². The van der Waals surface area contributed by atoms with Crippen LogP contribution in [-0.4, -0.2) is 25.2 Å². The minimum Gasteiger partial charge on any atom is -0.478 e. The molecule has 0 spiro atoms. The third-order valence-electron chi connectivity index (χ3n) is 6.51. The molecular weight excluding hydrogens is 470 g/mol. The summed E-state index contributed by atoms with van der Waals surface area (Å²) in [6.07, 6.45) is 3.35. The molecule has 5 aromatic rings. The Labute approximate surface area is 212 Å². The lowest BCUT2D eigenvalue weighted by Gasteiger charge is -2.17. The Morgan fingerprint density at radius 1 is 0.892 bits per heavy atom. The van der Waals surface area contributed by atoms with Crippen molar-refractivity contribution in [1.29, 1.82) is 0 Å². The van der Waals surface area contributed by atoms with Crippen molar-refractivity contribution in [2.45, 2.75) is 13.8 Å². The Bertz CT molecular complexity index is 1790. The van der Waals surface area contributed by atoms with Gasteiger partial charge in [0.25, 0.3) is 11.1 Å². The summed E-state index contributed by atoms with van der Waals surface area (Å²) in [6, 6.07) is 15.6. The van der Waals surface area contributed by atoms with Crippen molar-refractivity contribution in [2.75, 3.05) is 0 Å². The Hall–Kier alpha value is -4.85. The van der Waals surface area contributed by atoms with Gasteiger partial charge in [0.05, 0.1) is 11.8 Å². The molecule has 0 unspecified atom stereocenters. The highest BCUT2D eigenvalue weighted by atomic mass is 16.5. The Morgan fingerprint density at radius 3 is 2.22 bits per heavy atom. The minimum absolute atomic E-state index is 0.171. The van der Waals surface area contributed by atoms with Gasteiger partial charge in [0.1, 0.15) is 11.3 Å². The number of aromatic nitrogens is 3. The van der Waals surface area contributed by atoms with Gasteiger partial charge in [-0.1, -0.05) is 30.3 Å². The fourth-order valence-electron chi connectivity index (χ4n) is 4.46. The van der Waals surface area contributed by atoms with Gasteiger partial charge >= 0.3 is 5.97 Å². The Morgan fingerprint density at radius 2 is 1.57 bits per heavy atom. The lowest BCUT2D eigenvalue weighted by molar-refractivity contribution is 0.0697. The van der Waals surface area contributed by atoms with E-state index in [9.17, 15) is 19.5 Å². The van der Waals surface area contributed by atoms with Crippen LogP contribution in [0.4, 0.5) is 0 Å². The van der Waals surface area contributed by atoms with Crippen LogP contribution in [0.3, 0.4) is 0 Å². The molecule has 0 aliphatic rings. The smallest absolute Gasteiger partial charge is 0.335 e. The second-order valence-corrected chi connectivity index (χ2v) is 9.14. The topological polar surface area (TPSA) is 106 Å². The van der Waals surface area contributed by atoms with E-state index in [0.29, 0.717) is 39.2 Å². The summed E-state index contributed by atoms with van der Waals surface area (Å²) >= 11 is 0. The number of rotatable bonds is 5. The van der Waals surface area contributed by atoms with Gasteiger partial charge in [-0.15, -0.1) is 0 Å². The van der Waals surface area contributed by atoms with Crippen molar-refractivity contribution in [2.24, 2.45) is 14.1 Å². The van der Waals surface area contributed by atoms with Crippen LogP contribution in [0.15, 0.2) is 76.6 Å². The summed E-state index contributed by atoms with van der Waals surface area (Å²) in [5, 5.41) is 9.83. The van der Waals surface area contributed by atoms with Crippen molar-refractivity contribution in [1.82, 2.24) is 14.1 Å². The number of benzene rings is 2. The molecule has 0 amide bonds. The molecule has 0 bridgehead atoms. The second-order valence-electron chi connectivity index (χ2n) is 9.14. The van der Waals surface area contributed by atoms with E-state index >= 15 is 0 Å². The highest BCUT2D eigenvalue weighted by Crippen LogP contribution is 2.38. The van der Waals surface area contributed by atoms with Crippen molar-refractivity contribution >= 4 is 16.9 Å². The number of hydrogen-bond donors (Lipinski definition) is 2. The number of aromatic amines is 1. The third-order valence-corrected chi connectivity index (χ3v) is 6.51. The van der Waals surface area contributed by atoms with E-state index in [2.05, 4.69) is 4.98 Å². The van der Waals surface area contributed by atoms with E-state index in [0.717, 1.165) is 16.7 Å². The predicted octanol–water partition coefficient (Wildman–Crippen LogP) is 5.01. The summed E-state index contributed by atoms with van der Waals surface area (Å²) in [6.45, 7) is 3.92. The van der Waals surface area contributed by atoms with Gasteiger partial charge in [-0.2, -0.15) is 0 Å². The number of nitrogens with one attached hydrogen (secondary N) is 1. The van der Waals surface area contributed by atoms with Gasteiger partial charge in [-0.25, -0.2) is 4.79 Å². The average molecular weight is 496 g/mol. The molecule has 0 saturated carbocycles. The van der Waals surface area contributed by atoms with Gasteiger partial charge < -0.3 is 24.0 Å². The first-order valence-electron chi connectivity index (χ1n) is 11.6. The average Bonchev–Trinajstić information content (AvgIpc) is 3.32. The normalized spacial score (nSPS) is 11.1. The molecular formula is C29H25N3O5. The minimum atomic E-state index is -1.01. The standard InChI is InChI=1S/C29H25N3O5/c1-16-6-5-7-17(2)27(16)37-24-15-31(3)25(33)13-20(24)22-14-32(4)28(34)26-21(22)12-23(30-26)18-8-10-19(11-9-18)29(35)36/h5-15,30H,1-4H3,(H,35,36). The summed E-state index contributed by atoms with van der Waals surface area (Å²) in [7, 11) is 3.32. The molecule has 0 atom stereocenters. The van der Waals surface area contributed by atoms with Gasteiger partial charge in [0.15, 0.2) is 5.75 Å². The molecule has 8 nitrogen and oxygen atoms in total. The first kappa shape index (κ1) is 23.9. The van der Waals surface area contributed by atoms with E-state index in [1.165, 1.54) is 27.3 Å². The number of aryl methyl sites for hydroxylation is 4. The fraction of sp³-hybridized carbons (Fsp3) is 0.138. The molecule has 2 N–H and O–H groups in total. The second kappa shape index (κ2) is 8.98. The third kappa shape index (κ3) is 4.23. The zero-order chi connectivity index (χ0) is 26.4. The summed E-state index contributed by atoms with van der Waals surface area (Å²) in [5.74, 6) is 0.172. The van der Waals surface area contributed by atoms with Crippen LogP contribution >= 0.6 is 0 Å². The van der Waals surface area contributed by atoms with Crippen LogP contribution in [0.2, 0.25) is 0 Å². The number of carbonyl (C=O) groups is 1. The molecule has 0 radical (unpaired) electrons. The predicted molar refractivity (Wildman–Crippen MR) is 143 cm³/mol. The molecule has 0 saturated heterocycles. The fourth-order valence-corrected chi connectivity index (χ4v) is 4.46. The van der Waals surface area contributed by atoms with E-state index < -0.39 is 5.97 Å². The van der Waals surface area contributed by atoms with Gasteiger partial charge in [0, 0.05) is 48.6 Å². The zero-order valence-electron chi connectivity index (χ0n) is 20.8. The molecule has 0 fully saturated rings. The van der Waals surface area contributed by atoms with E-state index in [-0.39, 0.29) is 16.7 Å². The largest absolute Gasteiger partial charge is 0.478 e. The number of aromatic carboxylic acids is 1. The number of H-pyrrole nitrogens is 1. The Balaban J connectivity index is 1.73. The van der Waals surface area contributed by atoms with Crippen LogP contribution < -0.4 is 15.9 Å². The molecule has 8 heteroatoms. The first-order valence-corrected chi connectivity index (χ1v) is 11.6. The number of fused-ring (bicyclic) bond motifs is 1. The van der Waals surface area contributed by atoms with E-state index in [1.54, 1.807) is 38.6 Å². The number of hydrogen-bond acceptors (Lipinski definition) is 4. The van der Waals surface area contributed by atoms with Gasteiger partial charge in [-0.3, -0.25) is 9.59 Å². The molecule has 0 aliphatic carbocycles. The van der Waals surface area contributed by atoms with Crippen LogP contribution in [0, 0.1) is 13.8 Å². The number of nitrogens with zero attached hydrogens (tertiary/aromatic N) is 2.